The standard InChI is InChI=1S/C57H39N/c1-57(2)53-21-9-8-15-45(53)46-33-31-42(35-54(46)57)58(40-27-22-37(23-28-40)36-12-4-3-5-13-36)41-29-24-38(25-30-41)39-26-32-44-49-18-11-19-50-51-20-10-17-48(56(51)52(44)34-39)43-14-6-7-16-47(43)55(49)50/h3-35H,1-2H3. The third kappa shape index (κ3) is 4.77. The normalized spacial score (nSPS) is 13.1. The molecule has 9 aromatic carbocycles. The highest BCUT2D eigenvalue weighted by Crippen LogP contribution is 2.57. The first kappa shape index (κ1) is 33.0. The van der Waals surface area contributed by atoms with E-state index in [4.69, 9.17) is 0 Å². The highest BCUT2D eigenvalue weighted by Gasteiger charge is 2.36. The van der Waals surface area contributed by atoms with E-state index < -0.39 is 0 Å². The van der Waals surface area contributed by atoms with Crippen LogP contribution in [-0.4, -0.2) is 0 Å². The lowest BCUT2D eigenvalue weighted by Crippen LogP contribution is -2.16. The fraction of sp³-hybridized carbons (Fsp3) is 0.0526. The first-order valence-electron chi connectivity index (χ1n) is 20.3. The van der Waals surface area contributed by atoms with Crippen molar-refractivity contribution in [2.45, 2.75) is 19.3 Å². The van der Waals surface area contributed by atoms with Gasteiger partial charge in [0.2, 0.25) is 0 Å². The van der Waals surface area contributed by atoms with Gasteiger partial charge in [0.25, 0.3) is 0 Å². The third-order valence-electron chi connectivity index (χ3n) is 13.0. The topological polar surface area (TPSA) is 3.24 Å². The average molecular weight is 738 g/mol. The molecule has 0 aliphatic heterocycles. The summed E-state index contributed by atoms with van der Waals surface area (Å²) in [6.45, 7) is 4.71. The predicted molar refractivity (Wildman–Crippen MR) is 244 cm³/mol. The number of hydrogen-bond donors (Lipinski definition) is 0. The van der Waals surface area contributed by atoms with Gasteiger partial charge in [-0.05, 0) is 143 Å². The van der Waals surface area contributed by atoms with Gasteiger partial charge >= 0.3 is 0 Å². The van der Waals surface area contributed by atoms with Gasteiger partial charge in [0, 0.05) is 22.5 Å². The maximum Gasteiger partial charge on any atom is 0.0465 e. The summed E-state index contributed by atoms with van der Waals surface area (Å²) in [5.41, 5.74) is 26.7. The summed E-state index contributed by atoms with van der Waals surface area (Å²) in [7, 11) is 0. The van der Waals surface area contributed by atoms with Crippen LogP contribution in [-0.2, 0) is 5.41 Å². The molecule has 0 aromatic heterocycles. The lowest BCUT2D eigenvalue weighted by Gasteiger charge is -2.28. The van der Waals surface area contributed by atoms with Gasteiger partial charge in [0.05, 0.1) is 0 Å². The van der Waals surface area contributed by atoms with Gasteiger partial charge < -0.3 is 4.90 Å². The fourth-order valence-electron chi connectivity index (χ4n) is 10.2. The summed E-state index contributed by atoms with van der Waals surface area (Å²) in [5, 5.41) is 0. The molecule has 0 atom stereocenters. The van der Waals surface area contributed by atoms with Crippen LogP contribution in [0.1, 0.15) is 25.0 Å². The SMILES string of the molecule is CC1(C)c2ccccc2-c2ccc(N(c3ccc(-c4ccccc4)cc3)c3ccc(-c4ccc5c(c4)-c4c6cccc4-c4cccc-5c4-c4ccccc4-6)cc3)cc21. The van der Waals surface area contributed by atoms with E-state index in [1.165, 1.54) is 100 Å². The summed E-state index contributed by atoms with van der Waals surface area (Å²) in [6.07, 6.45) is 0. The maximum absolute atomic E-state index is 2.43. The van der Waals surface area contributed by atoms with Crippen LogP contribution in [0, 0.1) is 0 Å². The van der Waals surface area contributed by atoms with E-state index in [2.05, 4.69) is 219 Å². The molecule has 12 rings (SSSR count). The number of fused-ring (bicyclic) bond motifs is 7. The summed E-state index contributed by atoms with van der Waals surface area (Å²) < 4.78 is 0. The lowest BCUT2D eigenvalue weighted by atomic mass is 9.82. The molecule has 1 heteroatoms. The minimum atomic E-state index is -0.0946. The summed E-state index contributed by atoms with van der Waals surface area (Å²) in [4.78, 5) is 2.41. The number of rotatable bonds is 5. The lowest BCUT2D eigenvalue weighted by molar-refractivity contribution is 0.660. The van der Waals surface area contributed by atoms with Gasteiger partial charge in [-0.15, -0.1) is 0 Å². The van der Waals surface area contributed by atoms with Crippen molar-refractivity contribution in [3.63, 3.8) is 0 Å². The molecule has 6 bridgehead atoms. The van der Waals surface area contributed by atoms with E-state index >= 15 is 0 Å². The molecule has 3 aliphatic rings. The zero-order valence-corrected chi connectivity index (χ0v) is 32.5. The van der Waals surface area contributed by atoms with Gasteiger partial charge in [0.1, 0.15) is 0 Å². The second-order valence-corrected chi connectivity index (χ2v) is 16.5. The van der Waals surface area contributed by atoms with E-state index in [-0.39, 0.29) is 5.41 Å². The Kier molecular flexibility index (Phi) is 7.04. The minimum Gasteiger partial charge on any atom is -0.310 e. The van der Waals surface area contributed by atoms with Gasteiger partial charge in [-0.2, -0.15) is 0 Å². The Bertz CT molecular complexity index is 3090. The molecule has 1 nitrogen and oxygen atoms in total. The molecule has 0 N–H and O–H groups in total. The predicted octanol–water partition coefficient (Wildman–Crippen LogP) is 15.8. The van der Waals surface area contributed by atoms with Crippen LogP contribution in [0.2, 0.25) is 0 Å². The van der Waals surface area contributed by atoms with Crippen molar-refractivity contribution < 1.29 is 0 Å². The molecule has 9 aromatic rings. The number of benzene rings is 9. The highest BCUT2D eigenvalue weighted by atomic mass is 15.1. The first-order valence-corrected chi connectivity index (χ1v) is 20.3. The van der Waals surface area contributed by atoms with E-state index in [0.717, 1.165) is 17.1 Å². The highest BCUT2D eigenvalue weighted by molar-refractivity contribution is 6.15. The van der Waals surface area contributed by atoms with Gasteiger partial charge in [-0.25, -0.2) is 0 Å². The van der Waals surface area contributed by atoms with E-state index in [1.807, 2.05) is 0 Å². The molecule has 3 aliphatic carbocycles. The molecule has 272 valence electrons. The van der Waals surface area contributed by atoms with Crippen molar-refractivity contribution in [3.8, 4) is 89.0 Å². The van der Waals surface area contributed by atoms with Crippen molar-refractivity contribution in [2.75, 3.05) is 4.90 Å². The van der Waals surface area contributed by atoms with E-state index in [1.54, 1.807) is 0 Å². The third-order valence-corrected chi connectivity index (χ3v) is 13.0. The Morgan fingerprint density at radius 3 is 1.38 bits per heavy atom. The van der Waals surface area contributed by atoms with Crippen molar-refractivity contribution in [1.82, 2.24) is 0 Å². The molecule has 0 fully saturated rings. The Hall–Kier alpha value is -7.22. The van der Waals surface area contributed by atoms with Crippen molar-refractivity contribution >= 4 is 17.1 Å². The van der Waals surface area contributed by atoms with Crippen molar-refractivity contribution in [2.24, 2.45) is 0 Å². The van der Waals surface area contributed by atoms with Crippen LogP contribution in [0.3, 0.4) is 0 Å². The van der Waals surface area contributed by atoms with Crippen LogP contribution in [0.5, 0.6) is 0 Å². The largest absolute Gasteiger partial charge is 0.310 e. The summed E-state index contributed by atoms with van der Waals surface area (Å²) >= 11 is 0. The molecule has 58 heavy (non-hydrogen) atoms. The minimum absolute atomic E-state index is 0.0946. The fourth-order valence-corrected chi connectivity index (χ4v) is 10.2. The molecule has 0 amide bonds. The molecule has 0 heterocycles. The van der Waals surface area contributed by atoms with Gasteiger partial charge in [-0.3, -0.25) is 0 Å². The van der Waals surface area contributed by atoms with Gasteiger partial charge in [-0.1, -0.05) is 172 Å². The zero-order valence-electron chi connectivity index (χ0n) is 32.5. The van der Waals surface area contributed by atoms with Crippen LogP contribution in [0.4, 0.5) is 17.1 Å². The van der Waals surface area contributed by atoms with Crippen molar-refractivity contribution in [1.29, 1.82) is 0 Å². The number of hydrogen-bond acceptors (Lipinski definition) is 1. The molecular formula is C57H39N. The van der Waals surface area contributed by atoms with Crippen LogP contribution < -0.4 is 4.90 Å². The van der Waals surface area contributed by atoms with Crippen LogP contribution in [0.15, 0.2) is 200 Å². The molecule has 0 saturated heterocycles. The zero-order chi connectivity index (χ0) is 38.5. The van der Waals surface area contributed by atoms with E-state index in [0.29, 0.717) is 0 Å². The molecular weight excluding hydrogens is 699 g/mol. The monoisotopic (exact) mass is 737 g/mol. The second-order valence-electron chi connectivity index (χ2n) is 16.5. The summed E-state index contributed by atoms with van der Waals surface area (Å²) in [6, 6.07) is 74.4. The number of nitrogens with zero attached hydrogens (tertiary/aromatic N) is 1. The Morgan fingerprint density at radius 2 is 0.707 bits per heavy atom. The molecule has 0 radical (unpaired) electrons. The smallest absolute Gasteiger partial charge is 0.0465 e. The Balaban J connectivity index is 0.977. The quantitative estimate of drug-likeness (QED) is 0.170. The summed E-state index contributed by atoms with van der Waals surface area (Å²) in [5.74, 6) is 0. The first-order chi connectivity index (χ1) is 28.5. The average Bonchev–Trinajstić information content (AvgIpc) is 3.44. The van der Waals surface area contributed by atoms with Crippen LogP contribution >= 0.6 is 0 Å². The van der Waals surface area contributed by atoms with E-state index in [9.17, 15) is 0 Å². The molecule has 0 saturated carbocycles. The number of anilines is 3. The maximum atomic E-state index is 2.43. The molecule has 0 unspecified atom stereocenters. The van der Waals surface area contributed by atoms with Gasteiger partial charge in [0.15, 0.2) is 0 Å². The second kappa shape index (κ2) is 12.4. The Morgan fingerprint density at radius 1 is 0.276 bits per heavy atom. The molecule has 0 spiro atoms. The Labute approximate surface area is 340 Å². The van der Waals surface area contributed by atoms with Crippen molar-refractivity contribution in [3.05, 3.63) is 211 Å². The van der Waals surface area contributed by atoms with Crippen LogP contribution in [0.25, 0.3) is 89.0 Å².